The van der Waals surface area contributed by atoms with Crippen LogP contribution in [-0.2, 0) is 0 Å². The maximum atomic E-state index is 12.7. The minimum absolute atomic E-state index is 0.191. The number of carbonyl (C=O) groups excluding carboxylic acids is 1. The zero-order valence-corrected chi connectivity index (χ0v) is 15.0. The van der Waals surface area contributed by atoms with E-state index in [4.69, 9.17) is 0 Å². The first-order valence-electron chi connectivity index (χ1n) is 8.38. The van der Waals surface area contributed by atoms with Crippen molar-refractivity contribution in [2.75, 3.05) is 13.1 Å². The minimum atomic E-state index is 0.191. The number of hydrogen-bond donors (Lipinski definition) is 0. The molecule has 1 saturated heterocycles. The number of benzene rings is 1. The lowest BCUT2D eigenvalue weighted by atomic mass is 9.75. The van der Waals surface area contributed by atoms with Crippen molar-refractivity contribution in [3.63, 3.8) is 0 Å². The van der Waals surface area contributed by atoms with Gasteiger partial charge in [-0.1, -0.05) is 51.1 Å². The van der Waals surface area contributed by atoms with E-state index in [-0.39, 0.29) is 5.91 Å². The number of rotatable bonds is 2. The van der Waals surface area contributed by atoms with Crippen LogP contribution in [0.5, 0.6) is 0 Å². The molecule has 1 aliphatic heterocycles. The Kier molecular flexibility index (Phi) is 4.58. The van der Waals surface area contributed by atoms with Crippen LogP contribution in [0, 0.1) is 11.3 Å². The Bertz CT molecular complexity index is 660. The maximum Gasteiger partial charge on any atom is 0.254 e. The van der Waals surface area contributed by atoms with Crippen LogP contribution in [-0.4, -0.2) is 23.9 Å². The highest BCUT2D eigenvalue weighted by molar-refractivity contribution is 7.13. The molecule has 3 rings (SSSR count). The van der Waals surface area contributed by atoms with Gasteiger partial charge in [0.05, 0.1) is 5.56 Å². The molecule has 1 aromatic heterocycles. The summed E-state index contributed by atoms with van der Waals surface area (Å²) in [6, 6.07) is 12.3. The van der Waals surface area contributed by atoms with E-state index in [2.05, 4.69) is 32.9 Å². The summed E-state index contributed by atoms with van der Waals surface area (Å²) in [4.78, 5) is 15.9. The monoisotopic (exact) mass is 327 g/mol. The third-order valence-electron chi connectivity index (χ3n) is 4.91. The Morgan fingerprint density at radius 3 is 2.39 bits per heavy atom. The highest BCUT2D eigenvalue weighted by Gasteiger charge is 2.30. The average molecular weight is 327 g/mol. The van der Waals surface area contributed by atoms with Crippen LogP contribution < -0.4 is 0 Å². The van der Waals surface area contributed by atoms with Gasteiger partial charge in [0, 0.05) is 23.3 Å². The molecule has 0 unspecified atom stereocenters. The van der Waals surface area contributed by atoms with Crippen molar-refractivity contribution in [3.05, 3.63) is 47.3 Å². The first kappa shape index (κ1) is 16.3. The summed E-state index contributed by atoms with van der Waals surface area (Å²) in [6.07, 6.45) is 2.23. The van der Waals surface area contributed by atoms with Gasteiger partial charge < -0.3 is 4.90 Å². The Labute approximate surface area is 143 Å². The van der Waals surface area contributed by atoms with E-state index in [1.807, 2.05) is 34.5 Å². The van der Waals surface area contributed by atoms with Crippen LogP contribution in [0.1, 0.15) is 44.0 Å². The van der Waals surface area contributed by atoms with Crippen molar-refractivity contribution in [3.8, 4) is 10.4 Å². The molecule has 1 amide bonds. The predicted octanol–water partition coefficient (Wildman–Crippen LogP) is 5.31. The molecule has 0 spiro atoms. The molecule has 0 aliphatic carbocycles. The summed E-state index contributed by atoms with van der Waals surface area (Å²) in [5, 5.41) is 2.00. The van der Waals surface area contributed by atoms with Gasteiger partial charge in [0.25, 0.3) is 5.91 Å². The second kappa shape index (κ2) is 6.48. The molecule has 3 heteroatoms. The lowest BCUT2D eigenvalue weighted by Crippen LogP contribution is -2.41. The van der Waals surface area contributed by atoms with Crippen molar-refractivity contribution in [2.24, 2.45) is 11.3 Å². The van der Waals surface area contributed by atoms with E-state index in [0.29, 0.717) is 11.3 Å². The molecule has 0 bridgehead atoms. The highest BCUT2D eigenvalue weighted by atomic mass is 32.1. The van der Waals surface area contributed by atoms with Gasteiger partial charge >= 0.3 is 0 Å². The Morgan fingerprint density at radius 2 is 1.78 bits per heavy atom. The molecular weight excluding hydrogens is 302 g/mol. The molecule has 1 fully saturated rings. The van der Waals surface area contributed by atoms with Crippen molar-refractivity contribution in [2.45, 2.75) is 33.6 Å². The van der Waals surface area contributed by atoms with Gasteiger partial charge in [-0.25, -0.2) is 0 Å². The van der Waals surface area contributed by atoms with E-state index < -0.39 is 0 Å². The number of nitrogens with zero attached hydrogens (tertiary/aromatic N) is 1. The molecule has 23 heavy (non-hydrogen) atoms. The van der Waals surface area contributed by atoms with Crippen molar-refractivity contribution < 1.29 is 4.79 Å². The van der Waals surface area contributed by atoms with Gasteiger partial charge in [-0.15, -0.1) is 11.3 Å². The molecule has 2 nitrogen and oxygen atoms in total. The van der Waals surface area contributed by atoms with E-state index >= 15 is 0 Å². The van der Waals surface area contributed by atoms with Crippen LogP contribution in [0.15, 0.2) is 41.8 Å². The van der Waals surface area contributed by atoms with Crippen molar-refractivity contribution in [1.29, 1.82) is 0 Å². The summed E-state index contributed by atoms with van der Waals surface area (Å²) in [6.45, 7) is 8.69. The fraction of sp³-hybridized carbons (Fsp3) is 0.450. The lowest BCUT2D eigenvalue weighted by Gasteiger charge is -2.38. The fourth-order valence-electron chi connectivity index (χ4n) is 3.33. The third kappa shape index (κ3) is 3.66. The van der Waals surface area contributed by atoms with Crippen molar-refractivity contribution >= 4 is 17.2 Å². The van der Waals surface area contributed by atoms with E-state index in [9.17, 15) is 4.79 Å². The molecule has 2 aromatic rings. The first-order valence-corrected chi connectivity index (χ1v) is 9.26. The normalized spacial score (nSPS) is 16.6. The number of carbonyl (C=O) groups is 1. The second-order valence-corrected chi connectivity index (χ2v) is 8.41. The van der Waals surface area contributed by atoms with Crippen LogP contribution in [0.3, 0.4) is 0 Å². The molecule has 0 saturated carbocycles. The van der Waals surface area contributed by atoms with E-state index in [1.165, 1.54) is 10.4 Å². The third-order valence-corrected chi connectivity index (χ3v) is 5.89. The molecule has 0 radical (unpaired) electrons. The predicted molar refractivity (Wildman–Crippen MR) is 97.8 cm³/mol. The average Bonchev–Trinajstić information content (AvgIpc) is 3.04. The number of hydrogen-bond acceptors (Lipinski definition) is 2. The Hall–Kier alpha value is -1.61. The second-order valence-electron chi connectivity index (χ2n) is 7.50. The fourth-order valence-corrected chi connectivity index (χ4v) is 4.22. The SMILES string of the molecule is CC(C)(C)C1CCN(C(=O)c2csc(-c3ccccc3)c2)CC1. The highest BCUT2D eigenvalue weighted by Crippen LogP contribution is 2.35. The molecule has 0 N–H and O–H groups in total. The van der Waals surface area contributed by atoms with Gasteiger partial charge in [0.1, 0.15) is 0 Å². The van der Waals surface area contributed by atoms with E-state index in [1.54, 1.807) is 11.3 Å². The minimum Gasteiger partial charge on any atom is -0.339 e. The lowest BCUT2D eigenvalue weighted by molar-refractivity contribution is 0.0609. The first-order chi connectivity index (χ1) is 10.9. The van der Waals surface area contributed by atoms with Crippen LogP contribution in [0.2, 0.25) is 0 Å². The number of likely N-dealkylation sites (tertiary alicyclic amines) is 1. The molecule has 1 aliphatic rings. The summed E-state index contributed by atoms with van der Waals surface area (Å²) in [5.74, 6) is 0.907. The molecule has 122 valence electrons. The van der Waals surface area contributed by atoms with Crippen LogP contribution >= 0.6 is 11.3 Å². The zero-order chi connectivity index (χ0) is 16.4. The number of thiophene rings is 1. The number of amides is 1. The summed E-state index contributed by atoms with van der Waals surface area (Å²) in [7, 11) is 0. The topological polar surface area (TPSA) is 20.3 Å². The Morgan fingerprint density at radius 1 is 1.13 bits per heavy atom. The largest absolute Gasteiger partial charge is 0.339 e. The molecular formula is C20H25NOS. The summed E-state index contributed by atoms with van der Waals surface area (Å²) < 4.78 is 0. The van der Waals surface area contributed by atoms with Gasteiger partial charge in [-0.05, 0) is 35.8 Å². The standard InChI is InChI=1S/C20H25NOS/c1-20(2,3)17-9-11-21(12-10-17)19(22)16-13-18(23-14-16)15-7-5-4-6-8-15/h4-8,13-14,17H,9-12H2,1-3H3. The molecule has 1 aromatic carbocycles. The van der Waals surface area contributed by atoms with Gasteiger partial charge in [0.2, 0.25) is 0 Å². The van der Waals surface area contributed by atoms with E-state index in [0.717, 1.165) is 31.5 Å². The quantitative estimate of drug-likeness (QED) is 0.731. The molecule has 2 heterocycles. The summed E-state index contributed by atoms with van der Waals surface area (Å²) in [5.41, 5.74) is 2.36. The molecule has 0 atom stereocenters. The van der Waals surface area contributed by atoms with Gasteiger partial charge in [-0.3, -0.25) is 4.79 Å². The Balaban J connectivity index is 1.67. The van der Waals surface area contributed by atoms with Crippen LogP contribution in [0.4, 0.5) is 0 Å². The zero-order valence-electron chi connectivity index (χ0n) is 14.2. The van der Waals surface area contributed by atoms with Gasteiger partial charge in [0.15, 0.2) is 0 Å². The van der Waals surface area contributed by atoms with Crippen molar-refractivity contribution in [1.82, 2.24) is 4.90 Å². The smallest absolute Gasteiger partial charge is 0.254 e. The number of piperidine rings is 1. The maximum absolute atomic E-state index is 12.7. The summed E-state index contributed by atoms with van der Waals surface area (Å²) >= 11 is 1.65. The van der Waals surface area contributed by atoms with Gasteiger partial charge in [-0.2, -0.15) is 0 Å². The van der Waals surface area contributed by atoms with Crippen LogP contribution in [0.25, 0.3) is 10.4 Å².